The van der Waals surface area contributed by atoms with Crippen LogP contribution in [0.5, 0.6) is 0 Å². The molecule has 1 nitrogen and oxygen atoms in total. The second-order valence-corrected chi connectivity index (χ2v) is 8.31. The summed E-state index contributed by atoms with van der Waals surface area (Å²) in [6.45, 7) is 12.2. The van der Waals surface area contributed by atoms with Gasteiger partial charge in [0.25, 0.3) is 0 Å². The van der Waals surface area contributed by atoms with Crippen molar-refractivity contribution >= 4 is 0 Å². The molecule has 25 heavy (non-hydrogen) atoms. The van der Waals surface area contributed by atoms with Gasteiger partial charge in [-0.1, -0.05) is 71.0 Å². The minimum atomic E-state index is 0.0813. The van der Waals surface area contributed by atoms with Gasteiger partial charge >= 0.3 is 0 Å². The van der Waals surface area contributed by atoms with Crippen LogP contribution in [0.2, 0.25) is 0 Å². The van der Waals surface area contributed by atoms with E-state index in [-0.39, 0.29) is 10.8 Å². The molecule has 0 spiro atoms. The fourth-order valence-corrected chi connectivity index (χ4v) is 4.09. The molecule has 0 bridgehead atoms. The van der Waals surface area contributed by atoms with Crippen molar-refractivity contribution < 1.29 is 0 Å². The molecule has 2 aromatic rings. The third-order valence-corrected chi connectivity index (χ3v) is 7.07. The van der Waals surface area contributed by atoms with E-state index < -0.39 is 0 Å². The summed E-state index contributed by atoms with van der Waals surface area (Å²) in [5.74, 6) is 0. The van der Waals surface area contributed by atoms with E-state index in [4.69, 9.17) is 5.73 Å². The van der Waals surface area contributed by atoms with Crippen molar-refractivity contribution in [2.24, 2.45) is 5.73 Å². The summed E-state index contributed by atoms with van der Waals surface area (Å²) in [7, 11) is 0. The molecule has 2 aromatic carbocycles. The summed E-state index contributed by atoms with van der Waals surface area (Å²) in [5, 5.41) is 0. The number of rotatable bonds is 6. The van der Waals surface area contributed by atoms with Crippen LogP contribution in [0.3, 0.4) is 0 Å². The van der Waals surface area contributed by atoms with E-state index in [1.165, 1.54) is 46.2 Å². The monoisotopic (exact) mass is 335 g/mol. The van der Waals surface area contributed by atoms with Crippen LogP contribution in [0.25, 0.3) is 11.1 Å². The third-order valence-electron chi connectivity index (χ3n) is 7.07. The first-order chi connectivity index (χ1) is 11.9. The molecular weight excluding hydrogens is 302 g/mol. The molecule has 0 saturated heterocycles. The minimum Gasteiger partial charge on any atom is -0.330 e. The Kier molecular flexibility index (Phi) is 4.81. The van der Waals surface area contributed by atoms with E-state index in [1.54, 1.807) is 0 Å². The smallest absolute Gasteiger partial charge is 0.00448 e. The van der Waals surface area contributed by atoms with Gasteiger partial charge < -0.3 is 5.73 Å². The van der Waals surface area contributed by atoms with Crippen molar-refractivity contribution in [3.05, 3.63) is 58.7 Å². The van der Waals surface area contributed by atoms with Crippen LogP contribution < -0.4 is 5.73 Å². The van der Waals surface area contributed by atoms with Gasteiger partial charge in [-0.05, 0) is 64.5 Å². The summed E-state index contributed by atoms with van der Waals surface area (Å²) in [6.07, 6.45) is 4.50. The van der Waals surface area contributed by atoms with Gasteiger partial charge in [0.15, 0.2) is 0 Å². The van der Waals surface area contributed by atoms with Crippen molar-refractivity contribution in [3.8, 4) is 11.1 Å². The lowest BCUT2D eigenvalue weighted by atomic mass is 9.77. The van der Waals surface area contributed by atoms with E-state index in [1.807, 2.05) is 0 Å². The van der Waals surface area contributed by atoms with Crippen LogP contribution in [-0.2, 0) is 17.3 Å². The van der Waals surface area contributed by atoms with E-state index in [9.17, 15) is 0 Å². The summed E-state index contributed by atoms with van der Waals surface area (Å²) in [6, 6.07) is 14.2. The van der Waals surface area contributed by atoms with Gasteiger partial charge in [0.1, 0.15) is 0 Å². The quantitative estimate of drug-likeness (QED) is 0.591. The van der Waals surface area contributed by atoms with Gasteiger partial charge in [0, 0.05) is 12.0 Å². The van der Waals surface area contributed by atoms with Gasteiger partial charge in [0.05, 0.1) is 0 Å². The molecule has 0 radical (unpaired) electrons. The standard InChI is InChI=1S/C24H33N/c1-6-23(4,7-2)19-9-11-21-17(14-19)13-18-15-20(10-12-22(18)21)24(5,8-3)16-25/h9-12,14-15H,6-8,13,16,25H2,1-5H3. The Morgan fingerprint density at radius 1 is 0.760 bits per heavy atom. The molecule has 1 unspecified atom stereocenters. The lowest BCUT2D eigenvalue weighted by Gasteiger charge is -2.28. The molecule has 134 valence electrons. The Morgan fingerprint density at radius 3 is 1.60 bits per heavy atom. The fourth-order valence-electron chi connectivity index (χ4n) is 4.09. The Labute approximate surface area is 153 Å². The number of fused-ring (bicyclic) bond motifs is 3. The first-order valence-corrected chi connectivity index (χ1v) is 9.88. The maximum Gasteiger partial charge on any atom is 0.00448 e. The molecule has 3 rings (SSSR count). The van der Waals surface area contributed by atoms with E-state index in [0.29, 0.717) is 6.54 Å². The zero-order valence-electron chi connectivity index (χ0n) is 16.6. The van der Waals surface area contributed by atoms with Crippen molar-refractivity contribution in [1.82, 2.24) is 0 Å². The average molecular weight is 336 g/mol. The lowest BCUT2D eigenvalue weighted by molar-refractivity contribution is 0.438. The average Bonchev–Trinajstić information content (AvgIpc) is 3.03. The van der Waals surface area contributed by atoms with Crippen LogP contribution in [0.1, 0.15) is 76.1 Å². The van der Waals surface area contributed by atoms with Gasteiger partial charge in [0.2, 0.25) is 0 Å². The zero-order valence-corrected chi connectivity index (χ0v) is 16.6. The van der Waals surface area contributed by atoms with Crippen LogP contribution in [0.4, 0.5) is 0 Å². The predicted octanol–water partition coefficient (Wildman–Crippen LogP) is 5.96. The van der Waals surface area contributed by atoms with Crippen molar-refractivity contribution in [2.45, 2.75) is 71.1 Å². The Bertz CT molecular complexity index is 698. The first-order valence-electron chi connectivity index (χ1n) is 9.88. The second-order valence-electron chi connectivity index (χ2n) is 8.31. The molecule has 1 atom stereocenters. The fraction of sp³-hybridized carbons (Fsp3) is 0.500. The molecule has 0 fully saturated rings. The molecule has 1 heteroatoms. The second kappa shape index (κ2) is 6.61. The van der Waals surface area contributed by atoms with Gasteiger partial charge in [-0.25, -0.2) is 0 Å². The van der Waals surface area contributed by atoms with Crippen molar-refractivity contribution in [3.63, 3.8) is 0 Å². The highest BCUT2D eigenvalue weighted by molar-refractivity contribution is 5.77. The number of hydrogen-bond acceptors (Lipinski definition) is 1. The Hall–Kier alpha value is -1.60. The predicted molar refractivity (Wildman–Crippen MR) is 109 cm³/mol. The first kappa shape index (κ1) is 18.2. The zero-order chi connectivity index (χ0) is 18.2. The van der Waals surface area contributed by atoms with E-state index >= 15 is 0 Å². The highest BCUT2D eigenvalue weighted by Crippen LogP contribution is 2.42. The topological polar surface area (TPSA) is 26.0 Å². The summed E-state index contributed by atoms with van der Waals surface area (Å²) >= 11 is 0. The van der Waals surface area contributed by atoms with E-state index in [0.717, 1.165) is 12.8 Å². The molecule has 0 aromatic heterocycles. The number of nitrogens with two attached hydrogens (primary N) is 1. The van der Waals surface area contributed by atoms with E-state index in [2.05, 4.69) is 71.0 Å². The molecule has 1 aliphatic rings. The molecule has 0 amide bonds. The summed E-state index contributed by atoms with van der Waals surface area (Å²) in [4.78, 5) is 0. The van der Waals surface area contributed by atoms with Crippen molar-refractivity contribution in [2.75, 3.05) is 6.54 Å². The largest absolute Gasteiger partial charge is 0.330 e. The maximum atomic E-state index is 6.08. The number of hydrogen-bond donors (Lipinski definition) is 1. The summed E-state index contributed by atoms with van der Waals surface area (Å²) in [5.41, 5.74) is 15.1. The minimum absolute atomic E-state index is 0.0813. The highest BCUT2D eigenvalue weighted by atomic mass is 14.6. The highest BCUT2D eigenvalue weighted by Gasteiger charge is 2.28. The van der Waals surface area contributed by atoms with Gasteiger partial charge in [-0.15, -0.1) is 0 Å². The van der Waals surface area contributed by atoms with Crippen LogP contribution >= 0.6 is 0 Å². The molecular formula is C24H33N. The Balaban J connectivity index is 2.00. The summed E-state index contributed by atoms with van der Waals surface area (Å²) < 4.78 is 0. The molecule has 0 heterocycles. The van der Waals surface area contributed by atoms with Gasteiger partial charge in [-0.2, -0.15) is 0 Å². The van der Waals surface area contributed by atoms with Gasteiger partial charge in [-0.3, -0.25) is 0 Å². The lowest BCUT2D eigenvalue weighted by Crippen LogP contribution is -2.31. The Morgan fingerprint density at radius 2 is 1.20 bits per heavy atom. The maximum absolute atomic E-state index is 6.08. The molecule has 0 aliphatic heterocycles. The third kappa shape index (κ3) is 2.93. The van der Waals surface area contributed by atoms with Crippen molar-refractivity contribution in [1.29, 1.82) is 0 Å². The number of benzene rings is 2. The van der Waals surface area contributed by atoms with Crippen LogP contribution in [0, 0.1) is 0 Å². The normalized spacial score (nSPS) is 15.6. The molecule has 2 N–H and O–H groups in total. The SMILES string of the molecule is CCC(C)(CC)c1ccc2c(c1)Cc1cc(C(C)(CC)CN)ccc1-2. The molecule has 0 saturated carbocycles. The van der Waals surface area contributed by atoms with Crippen LogP contribution in [0.15, 0.2) is 36.4 Å². The van der Waals surface area contributed by atoms with Crippen LogP contribution in [-0.4, -0.2) is 6.54 Å². The molecule has 1 aliphatic carbocycles.